The molecular weight excluding hydrogens is 210 g/mol. The van der Waals surface area contributed by atoms with Crippen LogP contribution in [0.5, 0.6) is 0 Å². The van der Waals surface area contributed by atoms with Crippen molar-refractivity contribution >= 4 is 17.5 Å². The first-order valence-corrected chi connectivity index (χ1v) is 5.30. The molecular formula is C12H16ClNO. The number of benzene rings is 1. The number of amides is 1. The topological polar surface area (TPSA) is 29.1 Å². The first kappa shape index (κ1) is 12.1. The van der Waals surface area contributed by atoms with E-state index in [0.717, 1.165) is 5.56 Å². The van der Waals surface area contributed by atoms with Gasteiger partial charge in [0.2, 0.25) is 5.91 Å². The third-order valence-corrected chi connectivity index (χ3v) is 2.30. The maximum Gasteiger partial charge on any atom is 0.225 e. The number of carbonyl (C=O) groups excluding carboxylic acids is 1. The van der Waals surface area contributed by atoms with Gasteiger partial charge in [-0.15, -0.1) is 0 Å². The Balaban J connectivity index is 2.51. The molecule has 0 bridgehead atoms. The molecule has 0 atom stereocenters. The van der Waals surface area contributed by atoms with E-state index in [-0.39, 0.29) is 11.3 Å². The molecule has 15 heavy (non-hydrogen) atoms. The quantitative estimate of drug-likeness (QED) is 0.824. The van der Waals surface area contributed by atoms with Gasteiger partial charge in [-0.2, -0.15) is 0 Å². The molecule has 0 aliphatic carbocycles. The van der Waals surface area contributed by atoms with E-state index < -0.39 is 0 Å². The van der Waals surface area contributed by atoms with Gasteiger partial charge in [0.15, 0.2) is 0 Å². The van der Waals surface area contributed by atoms with E-state index in [1.807, 2.05) is 45.0 Å². The van der Waals surface area contributed by atoms with Crippen LogP contribution in [0.4, 0.5) is 0 Å². The average Bonchev–Trinajstić information content (AvgIpc) is 2.15. The second kappa shape index (κ2) is 4.67. The fraction of sp³-hybridized carbons (Fsp3) is 0.417. The highest BCUT2D eigenvalue weighted by Crippen LogP contribution is 2.13. The molecule has 3 heteroatoms. The van der Waals surface area contributed by atoms with E-state index >= 15 is 0 Å². The zero-order valence-electron chi connectivity index (χ0n) is 9.30. The molecule has 0 aromatic heterocycles. The number of hydrogen-bond donors (Lipinski definition) is 1. The minimum atomic E-state index is -0.341. The molecule has 1 aromatic carbocycles. The molecule has 0 radical (unpaired) electrons. The first-order chi connectivity index (χ1) is 6.89. The molecule has 0 fully saturated rings. The SMILES string of the molecule is CC(C)(C)C(=O)NCc1ccc(Cl)cc1. The molecule has 1 amide bonds. The maximum absolute atomic E-state index is 11.6. The second-order valence-electron chi connectivity index (χ2n) is 4.56. The molecule has 1 rings (SSSR count). The first-order valence-electron chi connectivity index (χ1n) is 4.92. The molecule has 0 spiro atoms. The van der Waals surface area contributed by atoms with Crippen LogP contribution in [0.3, 0.4) is 0 Å². The minimum Gasteiger partial charge on any atom is -0.352 e. The van der Waals surface area contributed by atoms with E-state index in [9.17, 15) is 4.79 Å². The Morgan fingerprint density at radius 1 is 1.27 bits per heavy atom. The van der Waals surface area contributed by atoms with Gasteiger partial charge in [0.05, 0.1) is 0 Å². The molecule has 0 saturated carbocycles. The van der Waals surface area contributed by atoms with Crippen LogP contribution in [0.15, 0.2) is 24.3 Å². The molecule has 82 valence electrons. The van der Waals surface area contributed by atoms with E-state index in [1.54, 1.807) is 0 Å². The van der Waals surface area contributed by atoms with E-state index in [1.165, 1.54) is 0 Å². The highest BCUT2D eigenvalue weighted by molar-refractivity contribution is 6.30. The lowest BCUT2D eigenvalue weighted by molar-refractivity contribution is -0.128. The summed E-state index contributed by atoms with van der Waals surface area (Å²) in [6, 6.07) is 7.46. The number of halogens is 1. The molecule has 1 aromatic rings. The summed E-state index contributed by atoms with van der Waals surface area (Å²) in [5, 5.41) is 3.59. The lowest BCUT2D eigenvalue weighted by atomic mass is 9.95. The minimum absolute atomic E-state index is 0.0532. The van der Waals surface area contributed by atoms with Crippen molar-refractivity contribution in [3.05, 3.63) is 34.9 Å². The van der Waals surface area contributed by atoms with Crippen molar-refractivity contribution in [2.75, 3.05) is 0 Å². The zero-order valence-corrected chi connectivity index (χ0v) is 10.1. The van der Waals surface area contributed by atoms with Crippen molar-refractivity contribution in [3.8, 4) is 0 Å². The number of rotatable bonds is 2. The van der Waals surface area contributed by atoms with Crippen molar-refractivity contribution in [1.82, 2.24) is 5.32 Å². The van der Waals surface area contributed by atoms with Crippen molar-refractivity contribution < 1.29 is 4.79 Å². The van der Waals surface area contributed by atoms with Crippen LogP contribution in [-0.4, -0.2) is 5.91 Å². The largest absolute Gasteiger partial charge is 0.352 e. The van der Waals surface area contributed by atoms with Crippen molar-refractivity contribution in [2.45, 2.75) is 27.3 Å². The van der Waals surface area contributed by atoms with Gasteiger partial charge in [0.25, 0.3) is 0 Å². The van der Waals surface area contributed by atoms with Crippen LogP contribution in [0.2, 0.25) is 5.02 Å². The Morgan fingerprint density at radius 2 is 1.80 bits per heavy atom. The van der Waals surface area contributed by atoms with E-state index in [2.05, 4.69) is 5.32 Å². The van der Waals surface area contributed by atoms with Crippen molar-refractivity contribution in [1.29, 1.82) is 0 Å². The Morgan fingerprint density at radius 3 is 2.27 bits per heavy atom. The van der Waals surface area contributed by atoms with Crippen LogP contribution < -0.4 is 5.32 Å². The summed E-state index contributed by atoms with van der Waals surface area (Å²) in [5.41, 5.74) is 0.712. The highest BCUT2D eigenvalue weighted by Gasteiger charge is 2.20. The molecule has 0 heterocycles. The van der Waals surface area contributed by atoms with Crippen molar-refractivity contribution in [2.24, 2.45) is 5.41 Å². The Bertz CT molecular complexity index is 338. The monoisotopic (exact) mass is 225 g/mol. The summed E-state index contributed by atoms with van der Waals surface area (Å²) in [6.45, 7) is 6.23. The predicted molar refractivity (Wildman–Crippen MR) is 62.8 cm³/mol. The van der Waals surface area contributed by atoms with Gasteiger partial charge in [-0.25, -0.2) is 0 Å². The van der Waals surface area contributed by atoms with Gasteiger partial charge >= 0.3 is 0 Å². The Kier molecular flexibility index (Phi) is 3.75. The molecule has 0 unspecified atom stereocenters. The maximum atomic E-state index is 11.6. The number of hydrogen-bond acceptors (Lipinski definition) is 1. The summed E-state index contributed by atoms with van der Waals surface area (Å²) in [7, 11) is 0. The number of nitrogens with one attached hydrogen (secondary N) is 1. The normalized spacial score (nSPS) is 11.2. The van der Waals surface area contributed by atoms with E-state index in [0.29, 0.717) is 11.6 Å². The van der Waals surface area contributed by atoms with Gasteiger partial charge in [-0.3, -0.25) is 4.79 Å². The fourth-order valence-electron chi connectivity index (χ4n) is 1.05. The van der Waals surface area contributed by atoms with Crippen LogP contribution in [0.1, 0.15) is 26.3 Å². The third kappa shape index (κ3) is 3.92. The molecule has 0 aliphatic heterocycles. The fourth-order valence-corrected chi connectivity index (χ4v) is 1.18. The van der Waals surface area contributed by atoms with Crippen LogP contribution in [0, 0.1) is 5.41 Å². The Hall–Kier alpha value is -1.02. The summed E-state index contributed by atoms with van der Waals surface area (Å²) in [5.74, 6) is 0.0532. The lowest BCUT2D eigenvalue weighted by Crippen LogP contribution is -2.34. The van der Waals surface area contributed by atoms with Crippen LogP contribution in [0.25, 0.3) is 0 Å². The van der Waals surface area contributed by atoms with Crippen molar-refractivity contribution in [3.63, 3.8) is 0 Å². The average molecular weight is 226 g/mol. The molecule has 0 saturated heterocycles. The lowest BCUT2D eigenvalue weighted by Gasteiger charge is -2.17. The molecule has 1 N–H and O–H groups in total. The van der Waals surface area contributed by atoms with Crippen LogP contribution >= 0.6 is 11.6 Å². The summed E-state index contributed by atoms with van der Waals surface area (Å²) in [4.78, 5) is 11.6. The smallest absolute Gasteiger partial charge is 0.225 e. The summed E-state index contributed by atoms with van der Waals surface area (Å²) in [6.07, 6.45) is 0. The Labute approximate surface area is 95.6 Å². The second-order valence-corrected chi connectivity index (χ2v) is 5.00. The van der Waals surface area contributed by atoms with E-state index in [4.69, 9.17) is 11.6 Å². The third-order valence-electron chi connectivity index (χ3n) is 2.05. The zero-order chi connectivity index (χ0) is 11.5. The summed E-state index contributed by atoms with van der Waals surface area (Å²) >= 11 is 5.76. The van der Waals surface area contributed by atoms with Gasteiger partial charge in [-0.1, -0.05) is 44.5 Å². The summed E-state index contributed by atoms with van der Waals surface area (Å²) < 4.78 is 0. The van der Waals surface area contributed by atoms with Gasteiger partial charge < -0.3 is 5.32 Å². The standard InChI is InChI=1S/C12H16ClNO/c1-12(2,3)11(15)14-8-9-4-6-10(13)7-5-9/h4-7H,8H2,1-3H3,(H,14,15). The van der Waals surface area contributed by atoms with Gasteiger partial charge in [0.1, 0.15) is 0 Å². The van der Waals surface area contributed by atoms with Gasteiger partial charge in [0, 0.05) is 17.0 Å². The van der Waals surface area contributed by atoms with Crippen LogP contribution in [-0.2, 0) is 11.3 Å². The highest BCUT2D eigenvalue weighted by atomic mass is 35.5. The molecule has 0 aliphatic rings. The van der Waals surface area contributed by atoms with Gasteiger partial charge in [-0.05, 0) is 17.7 Å². The molecule has 2 nitrogen and oxygen atoms in total. The predicted octanol–water partition coefficient (Wildman–Crippen LogP) is 3.00. The number of carbonyl (C=O) groups is 1.